The van der Waals surface area contributed by atoms with E-state index in [0.29, 0.717) is 11.3 Å². The Morgan fingerprint density at radius 3 is 2.90 bits per heavy atom. The summed E-state index contributed by atoms with van der Waals surface area (Å²) in [7, 11) is 0. The molecule has 1 saturated heterocycles. The second-order valence-corrected chi connectivity index (χ2v) is 7.16. The number of hydrogen-bond donors (Lipinski definition) is 2. The molecule has 4 heteroatoms. The predicted octanol–water partition coefficient (Wildman–Crippen LogP) is 3.52. The van der Waals surface area contributed by atoms with Crippen molar-refractivity contribution in [1.82, 2.24) is 5.32 Å². The quantitative estimate of drug-likeness (QED) is 0.892. The van der Waals surface area contributed by atoms with Crippen molar-refractivity contribution < 1.29 is 4.79 Å². The molecule has 0 bridgehead atoms. The minimum Gasteiger partial charge on any atom is -0.381 e. The average Bonchev–Trinajstić information content (AvgIpc) is 2.41. The number of amides is 1. The molecule has 1 heterocycles. The minimum atomic E-state index is -0.00489. The van der Waals surface area contributed by atoms with Gasteiger partial charge in [0.25, 0.3) is 5.91 Å². The summed E-state index contributed by atoms with van der Waals surface area (Å²) in [6.45, 7) is 6.22. The highest BCUT2D eigenvalue weighted by molar-refractivity contribution is 8.00. The molecule has 2 rings (SSSR count). The highest BCUT2D eigenvalue weighted by atomic mass is 32.2. The summed E-state index contributed by atoms with van der Waals surface area (Å²) in [4.78, 5) is 12.0. The molecule has 1 aromatic rings. The molecule has 110 valence electrons. The number of carbonyl (C=O) groups excluding carboxylic acids is 1. The third-order valence-electron chi connectivity index (χ3n) is 3.50. The van der Waals surface area contributed by atoms with E-state index in [9.17, 15) is 4.79 Å². The highest BCUT2D eigenvalue weighted by Gasteiger charge is 2.21. The van der Waals surface area contributed by atoms with E-state index in [0.717, 1.165) is 11.3 Å². The van der Waals surface area contributed by atoms with Crippen LogP contribution < -0.4 is 10.6 Å². The lowest BCUT2D eigenvalue weighted by molar-refractivity contribution is 0.0943. The van der Waals surface area contributed by atoms with Crippen LogP contribution in [0.2, 0.25) is 0 Å². The van der Waals surface area contributed by atoms with Crippen LogP contribution in [-0.2, 0) is 0 Å². The first kappa shape index (κ1) is 15.2. The number of anilines is 1. The maximum absolute atomic E-state index is 12.0. The van der Waals surface area contributed by atoms with E-state index in [-0.39, 0.29) is 11.9 Å². The highest BCUT2D eigenvalue weighted by Crippen LogP contribution is 2.27. The van der Waals surface area contributed by atoms with Gasteiger partial charge in [0, 0.05) is 28.6 Å². The van der Waals surface area contributed by atoms with E-state index in [2.05, 4.69) is 17.6 Å². The van der Waals surface area contributed by atoms with Gasteiger partial charge in [-0.15, -0.1) is 0 Å². The largest absolute Gasteiger partial charge is 0.381 e. The Hall–Kier alpha value is -1.16. The van der Waals surface area contributed by atoms with Crippen LogP contribution in [0, 0.1) is 0 Å². The van der Waals surface area contributed by atoms with E-state index in [1.54, 1.807) is 0 Å². The zero-order chi connectivity index (χ0) is 14.5. The van der Waals surface area contributed by atoms with E-state index in [4.69, 9.17) is 0 Å². The van der Waals surface area contributed by atoms with Crippen molar-refractivity contribution in [2.24, 2.45) is 0 Å². The number of rotatable bonds is 4. The lowest BCUT2D eigenvalue weighted by Gasteiger charge is -2.30. The summed E-state index contributed by atoms with van der Waals surface area (Å²) >= 11 is 2.02. The van der Waals surface area contributed by atoms with E-state index >= 15 is 0 Å². The Morgan fingerprint density at radius 1 is 1.40 bits per heavy atom. The number of nitrogens with one attached hydrogen (secondary N) is 2. The second kappa shape index (κ2) is 7.02. The monoisotopic (exact) mass is 292 g/mol. The van der Waals surface area contributed by atoms with Gasteiger partial charge in [-0.3, -0.25) is 4.79 Å². The SMILES string of the molecule is CC(C)NC(=O)c1cccc(NC2CCCSC2C)c1. The van der Waals surface area contributed by atoms with Crippen molar-refractivity contribution >= 4 is 23.4 Å². The predicted molar refractivity (Wildman–Crippen MR) is 87.6 cm³/mol. The summed E-state index contributed by atoms with van der Waals surface area (Å²) < 4.78 is 0. The lowest BCUT2D eigenvalue weighted by atomic mass is 10.1. The molecule has 1 aromatic carbocycles. The third-order valence-corrected chi connectivity index (χ3v) is 4.88. The molecule has 0 saturated carbocycles. The molecule has 0 aromatic heterocycles. The zero-order valence-electron chi connectivity index (χ0n) is 12.5. The minimum absolute atomic E-state index is 0.00489. The molecule has 0 aliphatic carbocycles. The molecular formula is C16H24N2OS. The normalized spacial score (nSPS) is 22.6. The lowest BCUT2D eigenvalue weighted by Crippen LogP contribution is -2.33. The van der Waals surface area contributed by atoms with Crippen molar-refractivity contribution in [3.63, 3.8) is 0 Å². The topological polar surface area (TPSA) is 41.1 Å². The fourth-order valence-electron chi connectivity index (χ4n) is 2.42. The van der Waals surface area contributed by atoms with Crippen molar-refractivity contribution in [2.45, 2.75) is 50.9 Å². The van der Waals surface area contributed by atoms with Gasteiger partial charge in [-0.05, 0) is 50.6 Å². The van der Waals surface area contributed by atoms with Crippen LogP contribution in [0.15, 0.2) is 24.3 Å². The average molecular weight is 292 g/mol. The van der Waals surface area contributed by atoms with Crippen molar-refractivity contribution in [1.29, 1.82) is 0 Å². The Kier molecular flexibility index (Phi) is 5.35. The van der Waals surface area contributed by atoms with Crippen molar-refractivity contribution in [3.8, 4) is 0 Å². The summed E-state index contributed by atoms with van der Waals surface area (Å²) in [5.74, 6) is 1.26. The van der Waals surface area contributed by atoms with Gasteiger partial charge in [-0.2, -0.15) is 11.8 Å². The molecular weight excluding hydrogens is 268 g/mol. The molecule has 20 heavy (non-hydrogen) atoms. The van der Waals surface area contributed by atoms with Gasteiger partial charge < -0.3 is 10.6 Å². The second-order valence-electron chi connectivity index (χ2n) is 5.68. The Morgan fingerprint density at radius 2 is 2.20 bits per heavy atom. The first-order valence-electron chi connectivity index (χ1n) is 7.35. The van der Waals surface area contributed by atoms with Gasteiger partial charge in [0.2, 0.25) is 0 Å². The maximum atomic E-state index is 12.0. The maximum Gasteiger partial charge on any atom is 0.251 e. The zero-order valence-corrected chi connectivity index (χ0v) is 13.3. The first-order chi connectivity index (χ1) is 9.56. The molecule has 1 fully saturated rings. The molecule has 1 aliphatic rings. The fourth-order valence-corrected chi connectivity index (χ4v) is 3.56. The molecule has 2 unspecified atom stereocenters. The molecule has 2 N–H and O–H groups in total. The van der Waals surface area contributed by atoms with Crippen molar-refractivity contribution in [3.05, 3.63) is 29.8 Å². The Bertz CT molecular complexity index is 462. The van der Waals surface area contributed by atoms with E-state index in [1.165, 1.54) is 18.6 Å². The molecule has 2 atom stereocenters. The Labute approximate surface area is 125 Å². The summed E-state index contributed by atoms with van der Waals surface area (Å²) in [6.07, 6.45) is 2.47. The third kappa shape index (κ3) is 4.17. The van der Waals surface area contributed by atoms with Crippen LogP contribution in [0.4, 0.5) is 5.69 Å². The van der Waals surface area contributed by atoms with Crippen molar-refractivity contribution in [2.75, 3.05) is 11.1 Å². The number of benzene rings is 1. The van der Waals surface area contributed by atoms with Crippen LogP contribution in [0.1, 0.15) is 44.0 Å². The standard InChI is InChI=1S/C16H24N2OS/c1-11(2)17-16(19)13-6-4-7-14(10-13)18-15-8-5-9-20-12(15)3/h4,6-7,10-12,15,18H,5,8-9H2,1-3H3,(H,17,19). The van der Waals surface area contributed by atoms with Gasteiger partial charge in [0.15, 0.2) is 0 Å². The number of thioether (sulfide) groups is 1. The van der Waals surface area contributed by atoms with Crippen LogP contribution in [0.25, 0.3) is 0 Å². The van der Waals surface area contributed by atoms with Crippen LogP contribution in [0.5, 0.6) is 0 Å². The summed E-state index contributed by atoms with van der Waals surface area (Å²) in [5.41, 5.74) is 1.76. The molecule has 0 spiro atoms. The van der Waals surface area contributed by atoms with E-state index < -0.39 is 0 Å². The van der Waals surface area contributed by atoms with Crippen LogP contribution in [0.3, 0.4) is 0 Å². The number of carbonyl (C=O) groups is 1. The smallest absolute Gasteiger partial charge is 0.251 e. The van der Waals surface area contributed by atoms with Crippen LogP contribution in [-0.4, -0.2) is 29.0 Å². The van der Waals surface area contributed by atoms with Gasteiger partial charge >= 0.3 is 0 Å². The summed E-state index contributed by atoms with van der Waals surface area (Å²) in [5, 5.41) is 7.13. The fraction of sp³-hybridized carbons (Fsp3) is 0.562. The molecule has 1 amide bonds. The molecule has 1 aliphatic heterocycles. The van der Waals surface area contributed by atoms with Gasteiger partial charge in [0.1, 0.15) is 0 Å². The van der Waals surface area contributed by atoms with Crippen LogP contribution >= 0.6 is 11.8 Å². The summed E-state index contributed by atoms with van der Waals surface area (Å²) in [6, 6.07) is 8.45. The molecule has 3 nitrogen and oxygen atoms in total. The first-order valence-corrected chi connectivity index (χ1v) is 8.40. The van der Waals surface area contributed by atoms with E-state index in [1.807, 2.05) is 49.9 Å². The molecule has 0 radical (unpaired) electrons. The Balaban J connectivity index is 2.03. The van der Waals surface area contributed by atoms with Gasteiger partial charge in [-0.1, -0.05) is 13.0 Å². The van der Waals surface area contributed by atoms with Gasteiger partial charge in [-0.25, -0.2) is 0 Å². The van der Waals surface area contributed by atoms with Gasteiger partial charge in [0.05, 0.1) is 0 Å². The number of hydrogen-bond acceptors (Lipinski definition) is 3.